The van der Waals surface area contributed by atoms with E-state index in [2.05, 4.69) is 33.0 Å². The first-order valence-electron chi connectivity index (χ1n) is 4.71. The summed E-state index contributed by atoms with van der Waals surface area (Å²) in [6.45, 7) is 1.34. The summed E-state index contributed by atoms with van der Waals surface area (Å²) in [6.07, 6.45) is 0.541. The molecule has 2 N–H and O–H groups in total. The largest absolute Gasteiger partial charge is 0.329 e. The SMILES string of the molecule is CN(CCC#N)C(CN)c1ccc(Br)s1. The molecule has 0 fully saturated rings. The van der Waals surface area contributed by atoms with Crippen molar-refractivity contribution >= 4 is 27.3 Å². The number of hydrogen-bond donors (Lipinski definition) is 1. The van der Waals surface area contributed by atoms with Crippen molar-refractivity contribution in [1.82, 2.24) is 4.90 Å². The van der Waals surface area contributed by atoms with E-state index in [1.165, 1.54) is 4.88 Å². The van der Waals surface area contributed by atoms with Crippen LogP contribution in [0.5, 0.6) is 0 Å². The van der Waals surface area contributed by atoms with Crippen LogP contribution in [0.25, 0.3) is 0 Å². The first-order valence-corrected chi connectivity index (χ1v) is 6.32. The van der Waals surface area contributed by atoms with Crippen molar-refractivity contribution in [3.8, 4) is 6.07 Å². The highest BCUT2D eigenvalue weighted by Gasteiger charge is 2.16. The number of likely N-dealkylation sites (N-methyl/N-ethyl adjacent to an activating group) is 1. The summed E-state index contributed by atoms with van der Waals surface area (Å²) in [6, 6.07) is 6.47. The van der Waals surface area contributed by atoms with E-state index in [1.807, 2.05) is 13.1 Å². The summed E-state index contributed by atoms with van der Waals surface area (Å²) in [4.78, 5) is 3.37. The molecular weight excluding hydrogens is 274 g/mol. The van der Waals surface area contributed by atoms with Gasteiger partial charge in [0.2, 0.25) is 0 Å². The monoisotopic (exact) mass is 287 g/mol. The molecule has 1 unspecified atom stereocenters. The average Bonchev–Trinajstić information content (AvgIpc) is 2.63. The van der Waals surface area contributed by atoms with Gasteiger partial charge in [-0.1, -0.05) is 0 Å². The molecule has 82 valence electrons. The zero-order valence-corrected chi connectivity index (χ0v) is 11.0. The molecule has 0 radical (unpaired) electrons. The highest BCUT2D eigenvalue weighted by molar-refractivity contribution is 9.11. The molecule has 15 heavy (non-hydrogen) atoms. The lowest BCUT2D eigenvalue weighted by molar-refractivity contribution is 0.259. The summed E-state index contributed by atoms with van der Waals surface area (Å²) in [5.41, 5.74) is 5.75. The Hall–Kier alpha value is -0.410. The van der Waals surface area contributed by atoms with Crippen LogP contribution in [-0.4, -0.2) is 25.0 Å². The van der Waals surface area contributed by atoms with Gasteiger partial charge in [0.25, 0.3) is 0 Å². The van der Waals surface area contributed by atoms with Gasteiger partial charge in [-0.3, -0.25) is 4.90 Å². The van der Waals surface area contributed by atoms with E-state index in [0.29, 0.717) is 13.0 Å². The van der Waals surface area contributed by atoms with E-state index < -0.39 is 0 Å². The third-order valence-corrected chi connectivity index (χ3v) is 3.98. The summed E-state index contributed by atoms with van der Waals surface area (Å²) in [7, 11) is 2.00. The molecule has 3 nitrogen and oxygen atoms in total. The molecule has 0 aliphatic heterocycles. The van der Waals surface area contributed by atoms with Crippen LogP contribution < -0.4 is 5.73 Å². The van der Waals surface area contributed by atoms with Gasteiger partial charge in [0.1, 0.15) is 0 Å². The van der Waals surface area contributed by atoms with Crippen LogP contribution in [-0.2, 0) is 0 Å². The minimum Gasteiger partial charge on any atom is -0.329 e. The first kappa shape index (κ1) is 12.7. The fraction of sp³-hybridized carbons (Fsp3) is 0.500. The maximum Gasteiger partial charge on any atom is 0.0702 e. The molecule has 0 spiro atoms. The maximum absolute atomic E-state index is 8.53. The Kier molecular flexibility index (Phi) is 5.26. The summed E-state index contributed by atoms with van der Waals surface area (Å²) in [5.74, 6) is 0. The number of nitriles is 1. The van der Waals surface area contributed by atoms with Crippen molar-refractivity contribution < 1.29 is 0 Å². The van der Waals surface area contributed by atoms with Crippen LogP contribution in [0.1, 0.15) is 17.3 Å². The minimum atomic E-state index is 0.217. The van der Waals surface area contributed by atoms with E-state index in [-0.39, 0.29) is 6.04 Å². The van der Waals surface area contributed by atoms with Gasteiger partial charge in [0.05, 0.1) is 15.9 Å². The molecule has 0 aliphatic carbocycles. The van der Waals surface area contributed by atoms with Gasteiger partial charge >= 0.3 is 0 Å². The van der Waals surface area contributed by atoms with Crippen LogP contribution in [0.15, 0.2) is 15.9 Å². The topological polar surface area (TPSA) is 53.0 Å². The fourth-order valence-electron chi connectivity index (χ4n) is 1.40. The van der Waals surface area contributed by atoms with E-state index >= 15 is 0 Å². The van der Waals surface area contributed by atoms with E-state index in [1.54, 1.807) is 11.3 Å². The predicted octanol–water partition coefficient (Wildman–Crippen LogP) is 2.36. The molecule has 1 rings (SSSR count). The average molecular weight is 288 g/mol. The molecular formula is C10H14BrN3S. The molecule has 5 heteroatoms. The smallest absolute Gasteiger partial charge is 0.0702 e. The number of halogens is 1. The Morgan fingerprint density at radius 1 is 1.67 bits per heavy atom. The van der Waals surface area contributed by atoms with Crippen LogP contribution in [0.3, 0.4) is 0 Å². The number of hydrogen-bond acceptors (Lipinski definition) is 4. The number of thiophene rings is 1. The summed E-state index contributed by atoms with van der Waals surface area (Å²) >= 11 is 5.13. The van der Waals surface area contributed by atoms with Crippen LogP contribution in [0.2, 0.25) is 0 Å². The van der Waals surface area contributed by atoms with Crippen molar-refractivity contribution in [1.29, 1.82) is 5.26 Å². The number of rotatable bonds is 5. The van der Waals surface area contributed by atoms with Crippen molar-refractivity contribution in [2.75, 3.05) is 20.1 Å². The second-order valence-electron chi connectivity index (χ2n) is 3.28. The number of nitrogens with zero attached hydrogens (tertiary/aromatic N) is 2. The van der Waals surface area contributed by atoms with Gasteiger partial charge in [0, 0.05) is 24.4 Å². The fourth-order valence-corrected chi connectivity index (χ4v) is 3.01. The maximum atomic E-state index is 8.53. The van der Waals surface area contributed by atoms with Crippen LogP contribution >= 0.6 is 27.3 Å². The van der Waals surface area contributed by atoms with Gasteiger partial charge in [-0.2, -0.15) is 5.26 Å². The highest BCUT2D eigenvalue weighted by atomic mass is 79.9. The van der Waals surface area contributed by atoms with Gasteiger partial charge in [-0.05, 0) is 35.1 Å². The van der Waals surface area contributed by atoms with Gasteiger partial charge in [0.15, 0.2) is 0 Å². The molecule has 0 amide bonds. The van der Waals surface area contributed by atoms with Crippen molar-refractivity contribution in [2.24, 2.45) is 5.73 Å². The van der Waals surface area contributed by atoms with Gasteiger partial charge in [-0.25, -0.2) is 0 Å². The lowest BCUT2D eigenvalue weighted by Gasteiger charge is -2.24. The van der Waals surface area contributed by atoms with E-state index in [4.69, 9.17) is 11.0 Å². The molecule has 1 aromatic rings. The third-order valence-electron chi connectivity index (χ3n) is 2.25. The lowest BCUT2D eigenvalue weighted by Crippen LogP contribution is -2.30. The van der Waals surface area contributed by atoms with Crippen LogP contribution in [0.4, 0.5) is 0 Å². The van der Waals surface area contributed by atoms with Crippen molar-refractivity contribution in [3.05, 3.63) is 20.8 Å². The zero-order chi connectivity index (χ0) is 11.3. The molecule has 0 saturated heterocycles. The van der Waals surface area contributed by atoms with Gasteiger partial charge in [-0.15, -0.1) is 11.3 Å². The van der Waals surface area contributed by atoms with Crippen molar-refractivity contribution in [2.45, 2.75) is 12.5 Å². The molecule has 0 bridgehead atoms. The lowest BCUT2D eigenvalue weighted by atomic mass is 10.2. The predicted molar refractivity (Wildman–Crippen MR) is 66.7 cm³/mol. The Labute approximate surface area is 103 Å². The summed E-state index contributed by atoms with van der Waals surface area (Å²) < 4.78 is 1.12. The molecule has 0 saturated carbocycles. The standard InChI is InChI=1S/C10H14BrN3S/c1-14(6-2-5-12)8(7-13)9-3-4-10(11)15-9/h3-4,8H,2,6-7,13H2,1H3. The van der Waals surface area contributed by atoms with Crippen molar-refractivity contribution in [3.63, 3.8) is 0 Å². The van der Waals surface area contributed by atoms with E-state index in [0.717, 1.165) is 10.3 Å². The number of nitrogens with two attached hydrogens (primary N) is 1. The first-order chi connectivity index (χ1) is 7.19. The van der Waals surface area contributed by atoms with Gasteiger partial charge < -0.3 is 5.73 Å². The normalized spacial score (nSPS) is 12.7. The van der Waals surface area contributed by atoms with Crippen LogP contribution in [0, 0.1) is 11.3 Å². The zero-order valence-electron chi connectivity index (χ0n) is 8.61. The second-order valence-corrected chi connectivity index (χ2v) is 5.78. The molecule has 0 aliphatic rings. The summed E-state index contributed by atoms with van der Waals surface area (Å²) in [5, 5.41) is 8.53. The Bertz CT molecular complexity index is 345. The second kappa shape index (κ2) is 6.23. The molecule has 1 heterocycles. The van der Waals surface area contributed by atoms with E-state index in [9.17, 15) is 0 Å². The Morgan fingerprint density at radius 3 is 2.87 bits per heavy atom. The Balaban J connectivity index is 2.67. The quantitative estimate of drug-likeness (QED) is 0.905. The Morgan fingerprint density at radius 2 is 2.40 bits per heavy atom. The molecule has 0 aromatic carbocycles. The minimum absolute atomic E-state index is 0.217. The molecule has 1 aromatic heterocycles. The molecule has 1 atom stereocenters. The third kappa shape index (κ3) is 3.58. The highest BCUT2D eigenvalue weighted by Crippen LogP contribution is 2.29.